The number of hydrogen-bond donors (Lipinski definition) is 2. The Morgan fingerprint density at radius 3 is 2.58 bits per heavy atom. The van der Waals surface area contributed by atoms with Gasteiger partial charge in [0.1, 0.15) is 6.54 Å². The van der Waals surface area contributed by atoms with E-state index < -0.39 is 0 Å². The number of tetrazole rings is 1. The molecule has 0 saturated heterocycles. The highest BCUT2D eigenvalue weighted by Gasteiger charge is 2.09. The van der Waals surface area contributed by atoms with Gasteiger partial charge in [-0.05, 0) is 35.0 Å². The minimum atomic E-state index is -0.171. The molecule has 2 amide bonds. The van der Waals surface area contributed by atoms with Gasteiger partial charge in [-0.2, -0.15) is 9.78 Å². The number of carbonyl (C=O) groups excluding carboxylic acids is 2. The number of rotatable bonds is 6. The summed E-state index contributed by atoms with van der Waals surface area (Å²) in [5.74, 6) is 0.351. The summed E-state index contributed by atoms with van der Waals surface area (Å²) in [4.78, 5) is 23.5. The second-order valence-electron chi connectivity index (χ2n) is 5.63. The third kappa shape index (κ3) is 4.09. The van der Waals surface area contributed by atoms with Crippen LogP contribution >= 0.6 is 0 Å². The summed E-state index contributed by atoms with van der Waals surface area (Å²) in [6, 6.07) is 7.41. The molecule has 0 aliphatic heterocycles. The first-order valence-corrected chi connectivity index (χ1v) is 7.92. The summed E-state index contributed by atoms with van der Waals surface area (Å²) < 4.78 is 3.07. The second-order valence-corrected chi connectivity index (χ2v) is 5.63. The molecule has 0 aliphatic rings. The van der Waals surface area contributed by atoms with Gasteiger partial charge in [-0.1, -0.05) is 12.1 Å². The summed E-state index contributed by atoms with van der Waals surface area (Å²) in [7, 11) is 1.56. The van der Waals surface area contributed by atoms with E-state index in [4.69, 9.17) is 0 Å². The molecule has 10 heteroatoms. The van der Waals surface area contributed by atoms with E-state index in [-0.39, 0.29) is 24.8 Å². The van der Waals surface area contributed by atoms with Gasteiger partial charge in [0.05, 0.1) is 24.0 Å². The SMILES string of the molecule is CNC(=O)Cn1cc(NC(=O)Cc2ccc(-n3nnnc3C)cc2)cn1. The average molecular weight is 354 g/mol. The maximum atomic E-state index is 12.2. The predicted octanol–water partition coefficient (Wildman–Crippen LogP) is 0.0944. The number of anilines is 1. The van der Waals surface area contributed by atoms with Crippen LogP contribution in [0.5, 0.6) is 0 Å². The lowest BCUT2D eigenvalue weighted by Crippen LogP contribution is -2.23. The summed E-state index contributed by atoms with van der Waals surface area (Å²) in [5.41, 5.74) is 2.22. The molecule has 2 aromatic heterocycles. The number of benzene rings is 1. The Morgan fingerprint density at radius 1 is 1.15 bits per heavy atom. The zero-order valence-electron chi connectivity index (χ0n) is 14.4. The van der Waals surface area contributed by atoms with Crippen molar-refractivity contribution in [2.75, 3.05) is 12.4 Å². The molecule has 2 heterocycles. The molecule has 0 atom stereocenters. The van der Waals surface area contributed by atoms with Crippen LogP contribution in [0.15, 0.2) is 36.7 Å². The Morgan fingerprint density at radius 2 is 1.92 bits per heavy atom. The van der Waals surface area contributed by atoms with Crippen LogP contribution in [0.25, 0.3) is 5.69 Å². The number of hydrogen-bond acceptors (Lipinski definition) is 6. The molecule has 0 unspecified atom stereocenters. The number of aromatic nitrogens is 6. The van der Waals surface area contributed by atoms with Gasteiger partial charge in [-0.3, -0.25) is 14.3 Å². The first kappa shape index (κ1) is 17.3. The molecule has 0 aliphatic carbocycles. The van der Waals surface area contributed by atoms with Gasteiger partial charge in [0.15, 0.2) is 5.82 Å². The highest BCUT2D eigenvalue weighted by Crippen LogP contribution is 2.11. The van der Waals surface area contributed by atoms with E-state index in [1.807, 2.05) is 31.2 Å². The molecule has 0 spiro atoms. The van der Waals surface area contributed by atoms with E-state index in [2.05, 4.69) is 31.3 Å². The first-order chi connectivity index (χ1) is 12.5. The number of nitrogens with one attached hydrogen (secondary N) is 2. The summed E-state index contributed by atoms with van der Waals surface area (Å²) in [6.45, 7) is 1.91. The Kier molecular flexibility index (Phi) is 5.02. The largest absolute Gasteiger partial charge is 0.358 e. The Balaban J connectivity index is 1.58. The normalized spacial score (nSPS) is 10.5. The van der Waals surface area contributed by atoms with Crippen molar-refractivity contribution in [1.29, 1.82) is 0 Å². The van der Waals surface area contributed by atoms with Gasteiger partial charge in [-0.25, -0.2) is 0 Å². The molecule has 134 valence electrons. The molecule has 0 radical (unpaired) electrons. The lowest BCUT2D eigenvalue weighted by molar-refractivity contribution is -0.121. The van der Waals surface area contributed by atoms with E-state index >= 15 is 0 Å². The third-order valence-corrected chi connectivity index (χ3v) is 3.67. The molecule has 0 fully saturated rings. The van der Waals surface area contributed by atoms with Crippen molar-refractivity contribution in [2.45, 2.75) is 19.9 Å². The monoisotopic (exact) mass is 354 g/mol. The minimum Gasteiger partial charge on any atom is -0.358 e. The fourth-order valence-corrected chi connectivity index (χ4v) is 2.36. The molecular weight excluding hydrogens is 336 g/mol. The van der Waals surface area contributed by atoms with Crippen LogP contribution in [0.3, 0.4) is 0 Å². The number of nitrogens with zero attached hydrogens (tertiary/aromatic N) is 6. The van der Waals surface area contributed by atoms with Crippen molar-refractivity contribution in [1.82, 2.24) is 35.3 Å². The van der Waals surface area contributed by atoms with Crippen LogP contribution in [-0.2, 0) is 22.6 Å². The summed E-state index contributed by atoms with van der Waals surface area (Å²) in [6.07, 6.45) is 3.33. The van der Waals surface area contributed by atoms with Crippen LogP contribution in [0.1, 0.15) is 11.4 Å². The van der Waals surface area contributed by atoms with E-state index in [0.29, 0.717) is 11.5 Å². The zero-order chi connectivity index (χ0) is 18.5. The van der Waals surface area contributed by atoms with Crippen LogP contribution in [0.2, 0.25) is 0 Å². The first-order valence-electron chi connectivity index (χ1n) is 7.92. The average Bonchev–Trinajstić information content (AvgIpc) is 3.24. The quantitative estimate of drug-likeness (QED) is 0.648. The topological polar surface area (TPSA) is 120 Å². The maximum absolute atomic E-state index is 12.2. The van der Waals surface area contributed by atoms with Gasteiger partial charge < -0.3 is 10.6 Å². The number of carbonyl (C=O) groups is 2. The zero-order valence-corrected chi connectivity index (χ0v) is 14.4. The molecule has 0 saturated carbocycles. The second kappa shape index (κ2) is 7.55. The number of amides is 2. The standard InChI is InChI=1S/C16H18N8O2/c1-11-20-21-22-24(11)14-5-3-12(4-6-14)7-15(25)19-13-8-18-23(9-13)10-16(26)17-2/h3-6,8-9H,7,10H2,1-2H3,(H,17,26)(H,19,25). The third-order valence-electron chi connectivity index (χ3n) is 3.67. The Bertz CT molecular complexity index is 912. The van der Waals surface area contributed by atoms with E-state index in [0.717, 1.165) is 11.3 Å². The van der Waals surface area contributed by atoms with Crippen molar-refractivity contribution in [3.05, 3.63) is 48.0 Å². The lowest BCUT2D eigenvalue weighted by atomic mass is 10.1. The summed E-state index contributed by atoms with van der Waals surface area (Å²) in [5, 5.41) is 20.7. The Labute approximate surface area is 149 Å². The number of likely N-dealkylation sites (N-methyl/N-ethyl adjacent to an activating group) is 1. The lowest BCUT2D eigenvalue weighted by Gasteiger charge is -2.05. The van der Waals surface area contributed by atoms with Gasteiger partial charge in [0.25, 0.3) is 0 Å². The molecule has 10 nitrogen and oxygen atoms in total. The van der Waals surface area contributed by atoms with Crippen molar-refractivity contribution in [2.24, 2.45) is 0 Å². The van der Waals surface area contributed by atoms with Crippen LogP contribution in [0.4, 0.5) is 5.69 Å². The van der Waals surface area contributed by atoms with Gasteiger partial charge in [0.2, 0.25) is 11.8 Å². The molecule has 3 aromatic rings. The van der Waals surface area contributed by atoms with Crippen LogP contribution in [0, 0.1) is 6.92 Å². The molecule has 26 heavy (non-hydrogen) atoms. The van der Waals surface area contributed by atoms with E-state index in [1.165, 1.54) is 10.9 Å². The van der Waals surface area contributed by atoms with E-state index in [9.17, 15) is 9.59 Å². The van der Waals surface area contributed by atoms with Crippen LogP contribution < -0.4 is 10.6 Å². The van der Waals surface area contributed by atoms with Crippen molar-refractivity contribution >= 4 is 17.5 Å². The van der Waals surface area contributed by atoms with Gasteiger partial charge in [-0.15, -0.1) is 5.10 Å². The van der Waals surface area contributed by atoms with Gasteiger partial charge in [0, 0.05) is 13.2 Å². The predicted molar refractivity (Wildman–Crippen MR) is 92.5 cm³/mol. The fraction of sp³-hybridized carbons (Fsp3) is 0.250. The highest BCUT2D eigenvalue weighted by molar-refractivity contribution is 5.92. The maximum Gasteiger partial charge on any atom is 0.241 e. The summed E-state index contributed by atoms with van der Waals surface area (Å²) >= 11 is 0. The van der Waals surface area contributed by atoms with E-state index in [1.54, 1.807) is 17.9 Å². The minimum absolute atomic E-state index is 0.102. The van der Waals surface area contributed by atoms with Gasteiger partial charge >= 0.3 is 0 Å². The molecule has 3 rings (SSSR count). The van der Waals surface area contributed by atoms with Crippen molar-refractivity contribution in [3.63, 3.8) is 0 Å². The molecule has 0 bridgehead atoms. The van der Waals surface area contributed by atoms with Crippen LogP contribution in [-0.4, -0.2) is 48.8 Å². The fourth-order valence-electron chi connectivity index (χ4n) is 2.36. The number of aryl methyl sites for hydroxylation is 1. The van der Waals surface area contributed by atoms with Crippen molar-refractivity contribution in [3.8, 4) is 5.69 Å². The molecular formula is C16H18N8O2. The van der Waals surface area contributed by atoms with Crippen molar-refractivity contribution < 1.29 is 9.59 Å². The molecule has 2 N–H and O–H groups in total. The Hall–Kier alpha value is -3.56. The highest BCUT2D eigenvalue weighted by atomic mass is 16.2. The molecule has 1 aromatic carbocycles. The smallest absolute Gasteiger partial charge is 0.241 e.